The summed E-state index contributed by atoms with van der Waals surface area (Å²) in [6.45, 7) is 0.425. The lowest BCUT2D eigenvalue weighted by molar-refractivity contribution is -0.167. The van der Waals surface area contributed by atoms with Crippen molar-refractivity contribution in [3.05, 3.63) is 29.6 Å². The Kier molecular flexibility index (Phi) is 4.20. The van der Waals surface area contributed by atoms with Crippen molar-refractivity contribution in [2.45, 2.75) is 11.7 Å². The van der Waals surface area contributed by atoms with E-state index in [1.165, 1.54) is 11.8 Å². The number of anilines is 1. The molecule has 10 heteroatoms. The Labute approximate surface area is 138 Å². The molecule has 2 atom stereocenters. The van der Waals surface area contributed by atoms with E-state index in [0.717, 1.165) is 18.2 Å². The third-order valence-electron chi connectivity index (χ3n) is 4.01. The lowest BCUT2D eigenvalue weighted by atomic mass is 9.81. The van der Waals surface area contributed by atoms with E-state index in [-0.39, 0.29) is 28.9 Å². The molecular weight excluding hydrogens is 350 g/mol. The summed E-state index contributed by atoms with van der Waals surface area (Å²) in [5.41, 5.74) is 4.57. The molecule has 2 aliphatic rings. The third kappa shape index (κ3) is 2.95. The number of thioether (sulfide) groups is 1. The molecule has 24 heavy (non-hydrogen) atoms. The van der Waals surface area contributed by atoms with Gasteiger partial charge in [0.15, 0.2) is 5.17 Å². The van der Waals surface area contributed by atoms with Crippen molar-refractivity contribution in [3.8, 4) is 0 Å². The van der Waals surface area contributed by atoms with Gasteiger partial charge < -0.3 is 15.8 Å². The molecule has 1 aromatic carbocycles. The molecule has 1 fully saturated rings. The number of hydrogen-bond acceptors (Lipinski definition) is 5. The summed E-state index contributed by atoms with van der Waals surface area (Å²) in [7, 11) is 0. The van der Waals surface area contributed by atoms with Crippen LogP contribution in [-0.2, 0) is 15.1 Å². The van der Waals surface area contributed by atoms with Gasteiger partial charge in [-0.3, -0.25) is 4.79 Å². The predicted molar refractivity (Wildman–Crippen MR) is 81.2 cm³/mol. The number of halogens is 4. The van der Waals surface area contributed by atoms with Crippen LogP contribution in [0.5, 0.6) is 0 Å². The molecule has 2 unspecified atom stereocenters. The number of alkyl halides is 3. The van der Waals surface area contributed by atoms with Crippen molar-refractivity contribution in [1.82, 2.24) is 0 Å². The van der Waals surface area contributed by atoms with Crippen molar-refractivity contribution in [1.29, 1.82) is 0 Å². The van der Waals surface area contributed by atoms with Gasteiger partial charge in [-0.05, 0) is 18.2 Å². The number of nitrogens with zero attached hydrogens (tertiary/aromatic N) is 1. The highest BCUT2D eigenvalue weighted by Gasteiger charge is 2.49. The highest BCUT2D eigenvalue weighted by Crippen LogP contribution is 2.45. The van der Waals surface area contributed by atoms with Crippen LogP contribution in [0.25, 0.3) is 0 Å². The SMILES string of the molecule is NC1=NC2(c3cc(NC(=O)C(F)(F)F)ccc3F)COCC2CS1. The fraction of sp³-hybridized carbons (Fsp3) is 0.429. The number of rotatable bonds is 2. The largest absolute Gasteiger partial charge is 0.471 e. The summed E-state index contributed by atoms with van der Waals surface area (Å²) in [6, 6.07) is 3.22. The van der Waals surface area contributed by atoms with Crippen LogP contribution in [0.1, 0.15) is 5.56 Å². The lowest BCUT2D eigenvalue weighted by Gasteiger charge is -2.34. The summed E-state index contributed by atoms with van der Waals surface area (Å²) in [5, 5.41) is 1.98. The van der Waals surface area contributed by atoms with Crippen LogP contribution in [0, 0.1) is 11.7 Å². The van der Waals surface area contributed by atoms with Crippen LogP contribution >= 0.6 is 11.8 Å². The summed E-state index contributed by atoms with van der Waals surface area (Å²) in [6.07, 6.45) is -5.03. The van der Waals surface area contributed by atoms with Gasteiger partial charge >= 0.3 is 12.1 Å². The van der Waals surface area contributed by atoms with Gasteiger partial charge in [0.2, 0.25) is 0 Å². The summed E-state index contributed by atoms with van der Waals surface area (Å²) < 4.78 is 57.0. The molecule has 0 bridgehead atoms. The smallest absolute Gasteiger partial charge is 0.379 e. The molecule has 0 radical (unpaired) electrons. The minimum atomic E-state index is -5.03. The highest BCUT2D eigenvalue weighted by atomic mass is 32.2. The van der Waals surface area contributed by atoms with Crippen molar-refractivity contribution in [2.75, 3.05) is 24.3 Å². The second-order valence-electron chi connectivity index (χ2n) is 5.54. The van der Waals surface area contributed by atoms with Crippen LogP contribution in [0.4, 0.5) is 23.2 Å². The average molecular weight is 363 g/mol. The molecule has 0 aromatic heterocycles. The number of amidine groups is 1. The number of aliphatic imine (C=N–C) groups is 1. The number of carbonyl (C=O) groups is 1. The van der Waals surface area contributed by atoms with E-state index >= 15 is 0 Å². The van der Waals surface area contributed by atoms with E-state index < -0.39 is 23.4 Å². The van der Waals surface area contributed by atoms with Gasteiger partial charge in [0.1, 0.15) is 11.4 Å². The average Bonchev–Trinajstić information content (AvgIpc) is 2.91. The van der Waals surface area contributed by atoms with Gasteiger partial charge in [0.25, 0.3) is 0 Å². The van der Waals surface area contributed by atoms with Crippen LogP contribution in [0.2, 0.25) is 0 Å². The normalized spacial score (nSPS) is 26.7. The Balaban J connectivity index is 2.00. The summed E-state index contributed by atoms with van der Waals surface area (Å²) in [4.78, 5) is 15.4. The van der Waals surface area contributed by atoms with Gasteiger partial charge in [-0.25, -0.2) is 9.38 Å². The standard InChI is InChI=1S/C14H13F4N3O2S/c15-10-2-1-8(20-11(22)14(16,17)18)3-9(10)13-6-23-4-7(13)5-24-12(19)21-13/h1-3,7H,4-6H2,(H2,19,21)(H,20,22). The molecule has 1 saturated heterocycles. The topological polar surface area (TPSA) is 76.7 Å². The van der Waals surface area contributed by atoms with E-state index in [1.807, 2.05) is 0 Å². The lowest BCUT2D eigenvalue weighted by Crippen LogP contribution is -2.40. The first-order valence-electron chi connectivity index (χ1n) is 6.96. The number of nitrogens with two attached hydrogens (primary N) is 1. The van der Waals surface area contributed by atoms with E-state index in [2.05, 4.69) is 4.99 Å². The molecule has 0 saturated carbocycles. The van der Waals surface area contributed by atoms with Crippen molar-refractivity contribution >= 4 is 28.5 Å². The maximum Gasteiger partial charge on any atom is 0.471 e. The van der Waals surface area contributed by atoms with Crippen molar-refractivity contribution in [3.63, 3.8) is 0 Å². The molecule has 2 aliphatic heterocycles. The van der Waals surface area contributed by atoms with E-state index in [9.17, 15) is 22.4 Å². The van der Waals surface area contributed by atoms with Gasteiger partial charge in [-0.15, -0.1) is 0 Å². The first-order valence-corrected chi connectivity index (χ1v) is 7.95. The maximum atomic E-state index is 14.4. The quantitative estimate of drug-likeness (QED) is 0.790. The zero-order chi connectivity index (χ0) is 17.5. The molecule has 5 nitrogen and oxygen atoms in total. The minimum absolute atomic E-state index is 0.0632. The molecule has 3 N–H and O–H groups in total. The Bertz CT molecular complexity index is 710. The number of fused-ring (bicyclic) bond motifs is 1. The Morgan fingerprint density at radius 2 is 2.21 bits per heavy atom. The molecule has 0 spiro atoms. The van der Waals surface area contributed by atoms with Gasteiger partial charge in [0.05, 0.1) is 13.2 Å². The van der Waals surface area contributed by atoms with Gasteiger partial charge in [0, 0.05) is 22.9 Å². The number of carbonyl (C=O) groups excluding carboxylic acids is 1. The van der Waals surface area contributed by atoms with E-state index in [0.29, 0.717) is 12.4 Å². The van der Waals surface area contributed by atoms with Crippen molar-refractivity contribution < 1.29 is 27.1 Å². The molecule has 1 amide bonds. The van der Waals surface area contributed by atoms with Crippen LogP contribution in [0.3, 0.4) is 0 Å². The van der Waals surface area contributed by atoms with Crippen LogP contribution in [0.15, 0.2) is 23.2 Å². The molecule has 1 aromatic rings. The third-order valence-corrected chi connectivity index (χ3v) is 4.96. The van der Waals surface area contributed by atoms with Gasteiger partial charge in [-0.2, -0.15) is 13.2 Å². The second kappa shape index (κ2) is 5.92. The Hall–Kier alpha value is -1.81. The first kappa shape index (κ1) is 17.0. The Morgan fingerprint density at radius 3 is 2.92 bits per heavy atom. The maximum absolute atomic E-state index is 14.4. The molecule has 2 heterocycles. The van der Waals surface area contributed by atoms with Crippen molar-refractivity contribution in [2.24, 2.45) is 16.6 Å². The molecule has 0 aliphatic carbocycles. The van der Waals surface area contributed by atoms with Crippen LogP contribution in [-0.4, -0.2) is 36.2 Å². The highest BCUT2D eigenvalue weighted by molar-refractivity contribution is 8.13. The Morgan fingerprint density at radius 1 is 1.46 bits per heavy atom. The molecular formula is C14H13F4N3O2S. The summed E-state index contributed by atoms with van der Waals surface area (Å²) >= 11 is 1.32. The monoisotopic (exact) mass is 363 g/mol. The number of amides is 1. The number of hydrogen-bond donors (Lipinski definition) is 2. The first-order chi connectivity index (χ1) is 11.2. The molecule has 130 valence electrons. The van der Waals surface area contributed by atoms with Crippen LogP contribution < -0.4 is 11.1 Å². The number of ether oxygens (including phenoxy) is 1. The molecule has 3 rings (SSSR count). The fourth-order valence-electron chi connectivity index (χ4n) is 2.83. The summed E-state index contributed by atoms with van der Waals surface area (Å²) in [5.74, 6) is -2.36. The number of benzene rings is 1. The minimum Gasteiger partial charge on any atom is -0.379 e. The predicted octanol–water partition coefficient (Wildman–Crippen LogP) is 2.23. The zero-order valence-electron chi connectivity index (χ0n) is 12.2. The van der Waals surface area contributed by atoms with Gasteiger partial charge in [-0.1, -0.05) is 11.8 Å². The van der Waals surface area contributed by atoms with E-state index in [4.69, 9.17) is 10.5 Å². The zero-order valence-corrected chi connectivity index (χ0v) is 13.0. The fourth-order valence-corrected chi connectivity index (χ4v) is 3.80. The van der Waals surface area contributed by atoms with E-state index in [1.54, 1.807) is 5.32 Å². The number of nitrogens with one attached hydrogen (secondary N) is 1. The second-order valence-corrected chi connectivity index (χ2v) is 6.58.